The Morgan fingerprint density at radius 3 is 2.71 bits per heavy atom. The van der Waals surface area contributed by atoms with Crippen molar-refractivity contribution in [2.24, 2.45) is 0 Å². The molecule has 0 saturated carbocycles. The zero-order chi connectivity index (χ0) is 20.1. The Morgan fingerprint density at radius 2 is 2.00 bits per heavy atom. The Bertz CT molecular complexity index is 974. The number of amides is 1. The molecule has 0 bridgehead atoms. The molecule has 1 heterocycles. The van der Waals surface area contributed by atoms with E-state index in [0.29, 0.717) is 23.1 Å². The van der Waals surface area contributed by atoms with Gasteiger partial charge in [0.15, 0.2) is 11.8 Å². The molecule has 0 spiro atoms. The van der Waals surface area contributed by atoms with Crippen molar-refractivity contribution in [1.29, 1.82) is 0 Å². The summed E-state index contributed by atoms with van der Waals surface area (Å²) in [6.45, 7) is 6.05. The lowest BCUT2D eigenvalue weighted by molar-refractivity contribution is -0.122. The molecule has 0 saturated heterocycles. The summed E-state index contributed by atoms with van der Waals surface area (Å²) in [6, 6.07) is 12.5. The van der Waals surface area contributed by atoms with Gasteiger partial charge in [-0.05, 0) is 67.0 Å². The highest BCUT2D eigenvalue weighted by atomic mass is 35.5. The van der Waals surface area contributed by atoms with Crippen LogP contribution in [0.1, 0.15) is 19.4 Å². The minimum Gasteiger partial charge on any atom is -0.494 e. The van der Waals surface area contributed by atoms with Crippen molar-refractivity contribution >= 4 is 23.3 Å². The Labute approximate surface area is 167 Å². The van der Waals surface area contributed by atoms with Gasteiger partial charge in [0.25, 0.3) is 5.91 Å². The van der Waals surface area contributed by atoms with E-state index in [1.807, 2.05) is 32.0 Å². The van der Waals surface area contributed by atoms with Crippen molar-refractivity contribution in [3.63, 3.8) is 0 Å². The molecule has 0 unspecified atom stereocenters. The molecule has 146 valence electrons. The van der Waals surface area contributed by atoms with Crippen molar-refractivity contribution in [1.82, 2.24) is 10.3 Å². The molecular formula is C20H20ClN3O4. The molecule has 1 aromatic heterocycles. The van der Waals surface area contributed by atoms with E-state index in [9.17, 15) is 4.79 Å². The van der Waals surface area contributed by atoms with Crippen LogP contribution < -0.4 is 14.8 Å². The van der Waals surface area contributed by atoms with E-state index in [2.05, 4.69) is 15.6 Å². The Kier molecular flexibility index (Phi) is 6.16. The summed E-state index contributed by atoms with van der Waals surface area (Å²) in [6.07, 6.45) is -0.800. The number of hydrogen-bond donors (Lipinski definition) is 1. The number of hydrogen-bond acceptors (Lipinski definition) is 6. The number of rotatable bonds is 7. The van der Waals surface area contributed by atoms with Gasteiger partial charge in [0, 0.05) is 5.56 Å². The minimum atomic E-state index is -0.800. The normalized spacial score (nSPS) is 11.7. The third-order valence-corrected chi connectivity index (χ3v) is 4.30. The monoisotopic (exact) mass is 401 g/mol. The van der Waals surface area contributed by atoms with E-state index in [0.717, 1.165) is 16.9 Å². The van der Waals surface area contributed by atoms with Crippen molar-refractivity contribution < 1.29 is 18.9 Å². The van der Waals surface area contributed by atoms with Gasteiger partial charge in [0.2, 0.25) is 5.82 Å². The van der Waals surface area contributed by atoms with Crippen LogP contribution in [0.2, 0.25) is 5.02 Å². The van der Waals surface area contributed by atoms with Gasteiger partial charge in [0.1, 0.15) is 11.5 Å². The first-order chi connectivity index (χ1) is 13.5. The van der Waals surface area contributed by atoms with Crippen molar-refractivity contribution in [2.45, 2.75) is 26.9 Å². The Morgan fingerprint density at radius 1 is 1.21 bits per heavy atom. The number of anilines is 1. The lowest BCUT2D eigenvalue weighted by Gasteiger charge is -2.15. The van der Waals surface area contributed by atoms with Gasteiger partial charge in [-0.15, -0.1) is 0 Å². The molecule has 3 aromatic rings. The van der Waals surface area contributed by atoms with Crippen LogP contribution in [0.15, 0.2) is 47.1 Å². The number of carbonyl (C=O) groups excluding carboxylic acids is 1. The molecular weight excluding hydrogens is 382 g/mol. The predicted molar refractivity (Wildman–Crippen MR) is 106 cm³/mol. The molecule has 0 aliphatic heterocycles. The number of nitrogens with zero attached hydrogens (tertiary/aromatic N) is 2. The fourth-order valence-electron chi connectivity index (χ4n) is 2.58. The van der Waals surface area contributed by atoms with Gasteiger partial charge in [-0.1, -0.05) is 23.7 Å². The van der Waals surface area contributed by atoms with Gasteiger partial charge < -0.3 is 14.8 Å². The second-order valence-corrected chi connectivity index (χ2v) is 6.46. The molecule has 0 fully saturated rings. The van der Waals surface area contributed by atoms with Crippen molar-refractivity contribution in [3.05, 3.63) is 53.1 Å². The van der Waals surface area contributed by atoms with Gasteiger partial charge in [-0.3, -0.25) is 4.79 Å². The predicted octanol–water partition coefficient (Wildman–Crippen LogP) is 4.50. The number of nitrogens with one attached hydrogen (secondary N) is 1. The van der Waals surface area contributed by atoms with E-state index >= 15 is 0 Å². The summed E-state index contributed by atoms with van der Waals surface area (Å²) in [5.41, 5.74) is 2.11. The van der Waals surface area contributed by atoms with Crippen molar-refractivity contribution in [2.75, 3.05) is 11.9 Å². The quantitative estimate of drug-likeness (QED) is 0.627. The van der Waals surface area contributed by atoms with Crippen LogP contribution in [-0.2, 0) is 4.79 Å². The average Bonchev–Trinajstić information content (AvgIpc) is 3.13. The molecule has 0 radical (unpaired) electrons. The fraction of sp³-hybridized carbons (Fsp3) is 0.250. The standard InChI is InChI=1S/C20H20ClN3O4/c1-4-26-16-10-9-14(11-12(16)2)18-19(24-28-23-18)22-20(25)13(3)27-17-8-6-5-7-15(17)21/h5-11,13H,4H2,1-3H3,(H,22,24,25)/t13-/m1/s1. The molecule has 1 atom stereocenters. The number of ether oxygens (including phenoxy) is 2. The van der Waals surface area contributed by atoms with E-state index in [-0.39, 0.29) is 5.82 Å². The molecule has 3 rings (SSSR count). The fourth-order valence-corrected chi connectivity index (χ4v) is 2.76. The zero-order valence-electron chi connectivity index (χ0n) is 15.7. The first-order valence-corrected chi connectivity index (χ1v) is 9.15. The maximum absolute atomic E-state index is 12.5. The number of halogens is 1. The molecule has 28 heavy (non-hydrogen) atoms. The number of carbonyl (C=O) groups is 1. The van der Waals surface area contributed by atoms with E-state index < -0.39 is 12.0 Å². The molecule has 0 aliphatic rings. The summed E-state index contributed by atoms with van der Waals surface area (Å²) in [4.78, 5) is 12.5. The van der Waals surface area contributed by atoms with E-state index in [4.69, 9.17) is 25.7 Å². The summed E-state index contributed by atoms with van der Waals surface area (Å²) in [5.74, 6) is 1.02. The maximum atomic E-state index is 12.5. The van der Waals surface area contributed by atoms with Crippen LogP contribution in [0.5, 0.6) is 11.5 Å². The second kappa shape index (κ2) is 8.75. The third-order valence-electron chi connectivity index (χ3n) is 3.99. The number of para-hydroxylation sites is 1. The molecule has 7 nitrogen and oxygen atoms in total. The molecule has 8 heteroatoms. The van der Waals surface area contributed by atoms with Crippen LogP contribution in [-0.4, -0.2) is 28.9 Å². The number of aromatic nitrogens is 2. The highest BCUT2D eigenvalue weighted by molar-refractivity contribution is 6.32. The average molecular weight is 402 g/mol. The van der Waals surface area contributed by atoms with Crippen LogP contribution in [0.4, 0.5) is 5.82 Å². The third kappa shape index (κ3) is 4.43. The minimum absolute atomic E-state index is 0.211. The maximum Gasteiger partial charge on any atom is 0.266 e. The largest absolute Gasteiger partial charge is 0.494 e. The highest BCUT2D eigenvalue weighted by Crippen LogP contribution is 2.29. The van der Waals surface area contributed by atoms with Crippen LogP contribution in [0.3, 0.4) is 0 Å². The zero-order valence-corrected chi connectivity index (χ0v) is 16.5. The van der Waals surface area contributed by atoms with Gasteiger partial charge in [-0.25, -0.2) is 4.63 Å². The first kappa shape index (κ1) is 19.7. The number of benzene rings is 2. The lowest BCUT2D eigenvalue weighted by atomic mass is 10.1. The molecule has 1 N–H and O–H groups in total. The summed E-state index contributed by atoms with van der Waals surface area (Å²) >= 11 is 6.07. The Hall–Kier alpha value is -3.06. The summed E-state index contributed by atoms with van der Waals surface area (Å²) in [7, 11) is 0. The van der Waals surface area contributed by atoms with Gasteiger partial charge >= 0.3 is 0 Å². The topological polar surface area (TPSA) is 86.5 Å². The molecule has 1 amide bonds. The van der Waals surface area contributed by atoms with Crippen LogP contribution in [0.25, 0.3) is 11.3 Å². The molecule has 2 aromatic carbocycles. The molecule has 0 aliphatic carbocycles. The smallest absolute Gasteiger partial charge is 0.266 e. The first-order valence-electron chi connectivity index (χ1n) is 8.78. The summed E-state index contributed by atoms with van der Waals surface area (Å²) < 4.78 is 16.0. The van der Waals surface area contributed by atoms with Gasteiger partial charge in [-0.2, -0.15) is 0 Å². The highest BCUT2D eigenvalue weighted by Gasteiger charge is 2.21. The summed E-state index contributed by atoms with van der Waals surface area (Å²) in [5, 5.41) is 10.8. The van der Waals surface area contributed by atoms with E-state index in [1.165, 1.54) is 0 Å². The Balaban J connectivity index is 1.74. The number of aryl methyl sites for hydroxylation is 1. The van der Waals surface area contributed by atoms with Crippen molar-refractivity contribution in [3.8, 4) is 22.8 Å². The van der Waals surface area contributed by atoms with Gasteiger partial charge in [0.05, 0.1) is 11.6 Å². The SMILES string of the molecule is CCOc1ccc(-c2nonc2NC(=O)[C@@H](C)Oc2ccccc2Cl)cc1C. The lowest BCUT2D eigenvalue weighted by Crippen LogP contribution is -2.30. The van der Waals surface area contributed by atoms with Crippen LogP contribution >= 0.6 is 11.6 Å². The second-order valence-electron chi connectivity index (χ2n) is 6.05. The van der Waals surface area contributed by atoms with Crippen LogP contribution in [0, 0.1) is 6.92 Å². The van der Waals surface area contributed by atoms with E-state index in [1.54, 1.807) is 31.2 Å².